The fraction of sp³-hybridized carbons (Fsp3) is 0.278. The highest BCUT2D eigenvalue weighted by Crippen LogP contribution is 2.29. The van der Waals surface area contributed by atoms with Gasteiger partial charge in [-0.15, -0.1) is 0 Å². The summed E-state index contributed by atoms with van der Waals surface area (Å²) in [5.41, 5.74) is 1.60. The van der Waals surface area contributed by atoms with Crippen molar-refractivity contribution in [1.29, 1.82) is 0 Å². The smallest absolute Gasteiger partial charge is 0.341 e. The molecule has 0 heterocycles. The van der Waals surface area contributed by atoms with Gasteiger partial charge in [-0.1, -0.05) is 17.7 Å². The highest BCUT2D eigenvalue weighted by molar-refractivity contribution is 7.92. The van der Waals surface area contributed by atoms with E-state index in [-0.39, 0.29) is 22.8 Å². The van der Waals surface area contributed by atoms with Crippen LogP contribution in [-0.4, -0.2) is 35.2 Å². The number of anilines is 1. The third-order valence-corrected chi connectivity index (χ3v) is 5.52. The second-order valence-corrected chi connectivity index (χ2v) is 7.36. The number of benzene rings is 2. The summed E-state index contributed by atoms with van der Waals surface area (Å²) in [4.78, 5) is 12.1. The number of carbonyl (C=O) groups is 1. The molecule has 0 aliphatic heterocycles. The number of sulfonamides is 1. The highest BCUT2D eigenvalue weighted by Gasteiger charge is 2.23. The van der Waals surface area contributed by atoms with Crippen molar-refractivity contribution in [3.63, 3.8) is 0 Å². The Labute approximate surface area is 148 Å². The lowest BCUT2D eigenvalue weighted by Gasteiger charge is -2.21. The first-order chi connectivity index (χ1) is 11.8. The van der Waals surface area contributed by atoms with Crippen molar-refractivity contribution < 1.29 is 22.7 Å². The molecular formula is C18H21NO5S. The molecule has 2 aromatic carbocycles. The number of hydrogen-bond acceptors (Lipinski definition) is 5. The molecule has 0 saturated carbocycles. The number of nitrogens with zero attached hydrogens (tertiary/aromatic N) is 1. The SMILES string of the molecule is CCOC(=O)c1ccc(N(C)S(=O)(=O)c2ccc(C)cc2)cc1OC. The van der Waals surface area contributed by atoms with E-state index < -0.39 is 16.0 Å². The van der Waals surface area contributed by atoms with Gasteiger partial charge >= 0.3 is 5.97 Å². The first-order valence-corrected chi connectivity index (χ1v) is 9.16. The van der Waals surface area contributed by atoms with Crippen LogP contribution >= 0.6 is 0 Å². The molecule has 7 heteroatoms. The lowest BCUT2D eigenvalue weighted by atomic mass is 10.2. The Morgan fingerprint density at radius 1 is 1.12 bits per heavy atom. The Morgan fingerprint density at radius 3 is 2.32 bits per heavy atom. The third kappa shape index (κ3) is 3.93. The fourth-order valence-electron chi connectivity index (χ4n) is 2.26. The summed E-state index contributed by atoms with van der Waals surface area (Å²) >= 11 is 0. The lowest BCUT2D eigenvalue weighted by Crippen LogP contribution is -2.26. The van der Waals surface area contributed by atoms with Gasteiger partial charge in [0.15, 0.2) is 0 Å². The van der Waals surface area contributed by atoms with Crippen molar-refractivity contribution in [3.8, 4) is 5.75 Å². The molecule has 0 unspecified atom stereocenters. The topological polar surface area (TPSA) is 72.9 Å². The number of ether oxygens (including phenoxy) is 2. The number of methoxy groups -OCH3 is 1. The minimum atomic E-state index is -3.72. The van der Waals surface area contributed by atoms with Crippen molar-refractivity contribution >= 4 is 21.7 Å². The number of esters is 1. The molecule has 0 aromatic heterocycles. The van der Waals surface area contributed by atoms with Crippen molar-refractivity contribution in [2.75, 3.05) is 25.1 Å². The van der Waals surface area contributed by atoms with Crippen LogP contribution in [0, 0.1) is 6.92 Å². The van der Waals surface area contributed by atoms with Gasteiger partial charge in [0.05, 0.1) is 24.3 Å². The van der Waals surface area contributed by atoms with Gasteiger partial charge in [0.1, 0.15) is 11.3 Å². The Morgan fingerprint density at radius 2 is 1.76 bits per heavy atom. The molecule has 134 valence electrons. The average Bonchev–Trinajstić information content (AvgIpc) is 2.61. The molecular weight excluding hydrogens is 342 g/mol. The Hall–Kier alpha value is -2.54. The van der Waals surface area contributed by atoms with Crippen LogP contribution in [-0.2, 0) is 14.8 Å². The van der Waals surface area contributed by atoms with Gasteiger partial charge in [0.2, 0.25) is 0 Å². The molecule has 0 amide bonds. The maximum absolute atomic E-state index is 12.8. The molecule has 0 bridgehead atoms. The Balaban J connectivity index is 2.40. The van der Waals surface area contributed by atoms with E-state index in [9.17, 15) is 13.2 Å². The molecule has 0 aliphatic rings. The van der Waals surface area contributed by atoms with Gasteiger partial charge in [-0.3, -0.25) is 4.31 Å². The molecule has 0 spiro atoms. The molecule has 2 rings (SSSR count). The maximum atomic E-state index is 12.8. The first kappa shape index (κ1) is 18.8. The molecule has 0 fully saturated rings. The molecule has 25 heavy (non-hydrogen) atoms. The van der Waals surface area contributed by atoms with Crippen molar-refractivity contribution in [2.24, 2.45) is 0 Å². The second kappa shape index (κ2) is 7.57. The lowest BCUT2D eigenvalue weighted by molar-refractivity contribution is 0.0522. The fourth-order valence-corrected chi connectivity index (χ4v) is 3.45. The summed E-state index contributed by atoms with van der Waals surface area (Å²) in [5, 5.41) is 0. The minimum Gasteiger partial charge on any atom is -0.496 e. The second-order valence-electron chi connectivity index (χ2n) is 5.39. The van der Waals surface area contributed by atoms with Crippen molar-refractivity contribution in [3.05, 3.63) is 53.6 Å². The van der Waals surface area contributed by atoms with Gasteiger partial charge in [-0.2, -0.15) is 0 Å². The number of carbonyl (C=O) groups excluding carboxylic acids is 1. The largest absolute Gasteiger partial charge is 0.496 e. The van der Waals surface area contributed by atoms with E-state index in [4.69, 9.17) is 9.47 Å². The molecule has 0 N–H and O–H groups in total. The third-order valence-electron chi connectivity index (χ3n) is 3.72. The standard InChI is InChI=1S/C18H21NO5S/c1-5-24-18(20)16-11-8-14(12-17(16)23-4)19(3)25(21,22)15-9-6-13(2)7-10-15/h6-12H,5H2,1-4H3. The molecule has 0 atom stereocenters. The summed E-state index contributed by atoms with van der Waals surface area (Å²) in [6, 6.07) is 11.1. The zero-order valence-electron chi connectivity index (χ0n) is 14.6. The molecule has 2 aromatic rings. The maximum Gasteiger partial charge on any atom is 0.341 e. The Bertz CT molecular complexity index is 860. The average molecular weight is 363 g/mol. The predicted molar refractivity (Wildman–Crippen MR) is 95.7 cm³/mol. The predicted octanol–water partition coefficient (Wildman–Crippen LogP) is 3.01. The summed E-state index contributed by atoms with van der Waals surface area (Å²) in [7, 11) is -0.850. The summed E-state index contributed by atoms with van der Waals surface area (Å²) in [5.74, 6) is -0.267. The van der Waals surface area contributed by atoms with Crippen LogP contribution in [0.1, 0.15) is 22.8 Å². The van der Waals surface area contributed by atoms with Crippen molar-refractivity contribution in [2.45, 2.75) is 18.7 Å². The summed E-state index contributed by atoms with van der Waals surface area (Å²) in [6.07, 6.45) is 0. The zero-order chi connectivity index (χ0) is 18.6. The van der Waals surface area contributed by atoms with E-state index >= 15 is 0 Å². The monoisotopic (exact) mass is 363 g/mol. The van der Waals surface area contributed by atoms with Crippen LogP contribution in [0.15, 0.2) is 47.4 Å². The van der Waals surface area contributed by atoms with Crippen LogP contribution in [0.4, 0.5) is 5.69 Å². The van der Waals surface area contributed by atoms with E-state index in [2.05, 4.69) is 0 Å². The van der Waals surface area contributed by atoms with Gasteiger partial charge in [0.25, 0.3) is 10.0 Å². The normalized spacial score (nSPS) is 11.0. The van der Waals surface area contributed by atoms with E-state index in [1.807, 2.05) is 6.92 Å². The van der Waals surface area contributed by atoms with Crippen LogP contribution in [0.5, 0.6) is 5.75 Å². The number of hydrogen-bond donors (Lipinski definition) is 0. The van der Waals surface area contributed by atoms with Crippen LogP contribution in [0.3, 0.4) is 0 Å². The van der Waals surface area contributed by atoms with E-state index in [1.165, 1.54) is 26.3 Å². The van der Waals surface area contributed by atoms with Crippen LogP contribution in [0.2, 0.25) is 0 Å². The van der Waals surface area contributed by atoms with E-state index in [1.54, 1.807) is 37.3 Å². The highest BCUT2D eigenvalue weighted by atomic mass is 32.2. The Kier molecular flexibility index (Phi) is 5.69. The minimum absolute atomic E-state index is 0.189. The van der Waals surface area contributed by atoms with Gasteiger partial charge < -0.3 is 9.47 Å². The van der Waals surface area contributed by atoms with Crippen molar-refractivity contribution in [1.82, 2.24) is 0 Å². The van der Waals surface area contributed by atoms with Gasteiger partial charge in [0, 0.05) is 13.1 Å². The molecule has 0 radical (unpaired) electrons. The van der Waals surface area contributed by atoms with E-state index in [0.717, 1.165) is 9.87 Å². The summed E-state index contributed by atoms with van der Waals surface area (Å²) in [6.45, 7) is 3.84. The van der Waals surface area contributed by atoms with Gasteiger partial charge in [-0.05, 0) is 38.1 Å². The number of rotatable bonds is 6. The molecule has 6 nitrogen and oxygen atoms in total. The quantitative estimate of drug-likeness (QED) is 0.738. The molecule has 0 saturated heterocycles. The molecule has 0 aliphatic carbocycles. The summed E-state index contributed by atoms with van der Waals surface area (Å²) < 4.78 is 36.8. The number of aryl methyl sites for hydroxylation is 1. The first-order valence-electron chi connectivity index (χ1n) is 7.72. The van der Waals surface area contributed by atoms with Gasteiger partial charge in [-0.25, -0.2) is 13.2 Å². The van der Waals surface area contributed by atoms with E-state index in [0.29, 0.717) is 5.69 Å². The van der Waals surface area contributed by atoms with Crippen LogP contribution in [0.25, 0.3) is 0 Å². The van der Waals surface area contributed by atoms with Crippen LogP contribution < -0.4 is 9.04 Å². The zero-order valence-corrected chi connectivity index (χ0v) is 15.5.